The molecule has 0 heterocycles. The summed E-state index contributed by atoms with van der Waals surface area (Å²) in [7, 11) is 0. The number of carboxylic acid groups (broad SMARTS) is 2. The number of rotatable bonds is 3. The number of hydrogen-bond donors (Lipinski definition) is 4. The molecule has 0 radical (unpaired) electrons. The Hall–Kier alpha value is -1.14. The molecule has 6 heteroatoms. The van der Waals surface area contributed by atoms with Gasteiger partial charge >= 0.3 is 11.9 Å². The average molecular weight is 180 g/mol. The zero-order valence-corrected chi connectivity index (χ0v) is 6.60. The zero-order chi connectivity index (χ0) is 10.1. The summed E-state index contributed by atoms with van der Waals surface area (Å²) in [6, 6.07) is 0. The lowest BCUT2D eigenvalue weighted by molar-refractivity contribution is -0.148. The first kappa shape index (κ1) is 13.4. The van der Waals surface area contributed by atoms with E-state index >= 15 is 0 Å². The molecule has 0 aliphatic carbocycles. The monoisotopic (exact) mass is 180 g/mol. The van der Waals surface area contributed by atoms with Gasteiger partial charge in [0.2, 0.25) is 0 Å². The Bertz CT molecular complexity index is 143. The Kier molecular flexibility index (Phi) is 8.92. The lowest BCUT2D eigenvalue weighted by atomic mass is 10.4. The number of aliphatic hydroxyl groups excluding tert-OH is 2. The minimum Gasteiger partial charge on any atom is -0.481 e. The average Bonchev–Trinajstić information content (AvgIpc) is 2.04. The van der Waals surface area contributed by atoms with E-state index in [1.54, 1.807) is 6.92 Å². The highest BCUT2D eigenvalue weighted by atomic mass is 16.4. The van der Waals surface area contributed by atoms with Crippen molar-refractivity contribution in [3.05, 3.63) is 0 Å². The lowest BCUT2D eigenvalue weighted by Crippen LogP contribution is -2.22. The van der Waals surface area contributed by atoms with Gasteiger partial charge in [0.05, 0.1) is 6.61 Å². The summed E-state index contributed by atoms with van der Waals surface area (Å²) in [6.45, 7) is 0.873. The summed E-state index contributed by atoms with van der Waals surface area (Å²) in [5.74, 6) is -2.15. The third-order valence-electron chi connectivity index (χ3n) is 0.760. The highest BCUT2D eigenvalue weighted by molar-refractivity contribution is 5.71. The molecule has 72 valence electrons. The lowest BCUT2D eigenvalue weighted by Gasteiger charge is -1.95. The molecular formula is C6H12O6. The molecule has 0 aromatic carbocycles. The van der Waals surface area contributed by atoms with Gasteiger partial charge in [0.25, 0.3) is 0 Å². The number of carbonyl (C=O) groups is 2. The highest BCUT2D eigenvalue weighted by Gasteiger charge is 2.08. The first-order valence-electron chi connectivity index (χ1n) is 3.19. The molecule has 0 aromatic heterocycles. The fourth-order valence-electron chi connectivity index (χ4n) is 0.0781. The van der Waals surface area contributed by atoms with Crippen molar-refractivity contribution in [3.8, 4) is 0 Å². The van der Waals surface area contributed by atoms with Crippen molar-refractivity contribution in [2.45, 2.75) is 19.4 Å². The Labute approximate surface area is 69.1 Å². The van der Waals surface area contributed by atoms with Gasteiger partial charge in [-0.2, -0.15) is 0 Å². The van der Waals surface area contributed by atoms with E-state index in [2.05, 4.69) is 0 Å². The van der Waals surface area contributed by atoms with E-state index in [0.29, 0.717) is 0 Å². The predicted molar refractivity (Wildman–Crippen MR) is 38.7 cm³/mol. The van der Waals surface area contributed by atoms with Crippen LogP contribution in [0, 0.1) is 0 Å². The fraction of sp³-hybridized carbons (Fsp3) is 0.667. The van der Waals surface area contributed by atoms with Crippen LogP contribution in [0.15, 0.2) is 0 Å². The molecule has 1 unspecified atom stereocenters. The largest absolute Gasteiger partial charge is 0.481 e. The van der Waals surface area contributed by atoms with Crippen LogP contribution < -0.4 is 0 Å². The molecule has 0 bridgehead atoms. The fourth-order valence-corrected chi connectivity index (χ4v) is 0.0781. The number of aliphatic hydroxyl groups is 2. The van der Waals surface area contributed by atoms with Crippen molar-refractivity contribution < 1.29 is 30.0 Å². The summed E-state index contributed by atoms with van der Waals surface area (Å²) in [5.41, 5.74) is 0. The highest BCUT2D eigenvalue weighted by Crippen LogP contribution is 1.75. The van der Waals surface area contributed by atoms with E-state index in [-0.39, 0.29) is 6.42 Å². The van der Waals surface area contributed by atoms with Crippen LogP contribution in [0.3, 0.4) is 0 Å². The minimum absolute atomic E-state index is 0.222. The van der Waals surface area contributed by atoms with Gasteiger partial charge in [-0.05, 0) is 0 Å². The third-order valence-corrected chi connectivity index (χ3v) is 0.760. The summed E-state index contributed by atoms with van der Waals surface area (Å²) in [5, 5.41) is 31.5. The molecule has 4 N–H and O–H groups in total. The second-order valence-corrected chi connectivity index (χ2v) is 1.78. The Morgan fingerprint density at radius 2 is 1.67 bits per heavy atom. The van der Waals surface area contributed by atoms with Gasteiger partial charge in [-0.15, -0.1) is 0 Å². The molecule has 1 atom stereocenters. The molecule has 0 aromatic rings. The summed E-state index contributed by atoms with van der Waals surface area (Å²) in [4.78, 5) is 18.9. The molecule has 12 heavy (non-hydrogen) atoms. The van der Waals surface area contributed by atoms with E-state index in [0.717, 1.165) is 0 Å². The minimum atomic E-state index is -1.63. The first-order chi connectivity index (χ1) is 5.45. The Morgan fingerprint density at radius 3 is 1.67 bits per heavy atom. The van der Waals surface area contributed by atoms with Crippen molar-refractivity contribution >= 4 is 11.9 Å². The van der Waals surface area contributed by atoms with Gasteiger partial charge in [-0.3, -0.25) is 4.79 Å². The van der Waals surface area contributed by atoms with Crippen LogP contribution in [0.1, 0.15) is 13.3 Å². The summed E-state index contributed by atoms with van der Waals surface area (Å²) in [6.07, 6.45) is -1.40. The van der Waals surface area contributed by atoms with Crippen molar-refractivity contribution in [2.24, 2.45) is 0 Å². The molecular weight excluding hydrogens is 168 g/mol. The van der Waals surface area contributed by atoms with Crippen LogP contribution >= 0.6 is 0 Å². The van der Waals surface area contributed by atoms with Crippen LogP contribution in [0.25, 0.3) is 0 Å². The summed E-state index contributed by atoms with van der Waals surface area (Å²) >= 11 is 0. The van der Waals surface area contributed by atoms with Crippen LogP contribution in [-0.4, -0.2) is 45.1 Å². The molecule has 0 saturated heterocycles. The summed E-state index contributed by atoms with van der Waals surface area (Å²) < 4.78 is 0. The number of carboxylic acids is 2. The second kappa shape index (κ2) is 7.96. The third kappa shape index (κ3) is 11.6. The maximum atomic E-state index is 9.52. The van der Waals surface area contributed by atoms with Gasteiger partial charge in [0.15, 0.2) is 6.10 Å². The molecule has 0 rings (SSSR count). The van der Waals surface area contributed by atoms with Crippen LogP contribution in [0.2, 0.25) is 0 Å². The SMILES string of the molecule is CCC(=O)O.O=C(O)C(O)CO. The predicted octanol–water partition coefficient (Wildman–Crippen LogP) is -1.09. The van der Waals surface area contributed by atoms with Gasteiger partial charge < -0.3 is 20.4 Å². The smallest absolute Gasteiger partial charge is 0.334 e. The van der Waals surface area contributed by atoms with E-state index in [4.69, 9.17) is 20.4 Å². The molecule has 0 aliphatic heterocycles. The van der Waals surface area contributed by atoms with Gasteiger partial charge in [0, 0.05) is 6.42 Å². The molecule has 0 saturated carbocycles. The number of hydrogen-bond acceptors (Lipinski definition) is 4. The van der Waals surface area contributed by atoms with E-state index in [9.17, 15) is 9.59 Å². The van der Waals surface area contributed by atoms with E-state index in [1.165, 1.54) is 0 Å². The standard InChI is InChI=1S/C3H6O4.C3H6O2/c4-1-2(5)3(6)7;1-2-3(4)5/h2,4-5H,1H2,(H,6,7);2H2,1H3,(H,4,5). The van der Waals surface area contributed by atoms with Gasteiger partial charge in [-0.1, -0.05) is 6.92 Å². The molecule has 0 spiro atoms. The maximum absolute atomic E-state index is 9.52. The molecule has 0 amide bonds. The molecule has 0 fully saturated rings. The molecule has 6 nitrogen and oxygen atoms in total. The van der Waals surface area contributed by atoms with Crippen molar-refractivity contribution in [3.63, 3.8) is 0 Å². The van der Waals surface area contributed by atoms with Crippen LogP contribution in [0.5, 0.6) is 0 Å². The Morgan fingerprint density at radius 1 is 1.33 bits per heavy atom. The van der Waals surface area contributed by atoms with Crippen LogP contribution in [-0.2, 0) is 9.59 Å². The quantitative estimate of drug-likeness (QED) is 0.438. The van der Waals surface area contributed by atoms with Crippen molar-refractivity contribution in [2.75, 3.05) is 6.61 Å². The van der Waals surface area contributed by atoms with Crippen LogP contribution in [0.4, 0.5) is 0 Å². The van der Waals surface area contributed by atoms with Crippen molar-refractivity contribution in [1.82, 2.24) is 0 Å². The number of aliphatic carboxylic acids is 2. The van der Waals surface area contributed by atoms with E-state index < -0.39 is 24.6 Å². The molecule has 0 aliphatic rings. The topological polar surface area (TPSA) is 115 Å². The maximum Gasteiger partial charge on any atom is 0.334 e. The van der Waals surface area contributed by atoms with Gasteiger partial charge in [0.1, 0.15) is 0 Å². The zero-order valence-electron chi connectivity index (χ0n) is 6.60. The van der Waals surface area contributed by atoms with E-state index in [1.807, 2.05) is 0 Å². The normalized spacial score (nSPS) is 10.9. The second-order valence-electron chi connectivity index (χ2n) is 1.78. The van der Waals surface area contributed by atoms with Crippen molar-refractivity contribution in [1.29, 1.82) is 0 Å². The Balaban J connectivity index is 0. The van der Waals surface area contributed by atoms with Gasteiger partial charge in [-0.25, -0.2) is 4.79 Å². The first-order valence-corrected chi connectivity index (χ1v) is 3.19.